The maximum absolute atomic E-state index is 5.84. The van der Waals surface area contributed by atoms with Crippen LogP contribution in [-0.2, 0) is 0 Å². The van der Waals surface area contributed by atoms with Crippen molar-refractivity contribution in [2.75, 3.05) is 0 Å². The maximum Gasteiger partial charge on any atom is 0.170 e. The molecule has 0 unspecified atom stereocenters. The van der Waals surface area contributed by atoms with Gasteiger partial charge in [0.1, 0.15) is 0 Å². The Hall–Kier alpha value is -1.88. The van der Waals surface area contributed by atoms with Crippen LogP contribution in [0.5, 0.6) is 0 Å². The molecule has 0 spiro atoms. The van der Waals surface area contributed by atoms with Crippen molar-refractivity contribution in [1.82, 2.24) is 19.8 Å². The smallest absolute Gasteiger partial charge is 0.170 e. The van der Waals surface area contributed by atoms with E-state index in [1.54, 1.807) is 0 Å². The molecule has 3 heterocycles. The molecular formula is C21H28N4S. The Labute approximate surface area is 161 Å². The predicted molar refractivity (Wildman–Crippen MR) is 109 cm³/mol. The minimum absolute atomic E-state index is 0.0954. The summed E-state index contributed by atoms with van der Waals surface area (Å²) in [4.78, 5) is 7.14. The number of thiocarbonyl (C=S) groups is 1. The zero-order valence-electron chi connectivity index (χ0n) is 15.6. The Morgan fingerprint density at radius 1 is 1.12 bits per heavy atom. The lowest BCUT2D eigenvalue weighted by molar-refractivity contribution is 0.190. The second kappa shape index (κ2) is 7.39. The molecule has 0 amide bonds. The summed E-state index contributed by atoms with van der Waals surface area (Å²) in [7, 11) is 0. The van der Waals surface area contributed by atoms with Crippen molar-refractivity contribution < 1.29 is 0 Å². The van der Waals surface area contributed by atoms with E-state index in [0.717, 1.165) is 10.8 Å². The Morgan fingerprint density at radius 2 is 1.92 bits per heavy atom. The van der Waals surface area contributed by atoms with Gasteiger partial charge in [-0.2, -0.15) is 0 Å². The zero-order chi connectivity index (χ0) is 18.1. The van der Waals surface area contributed by atoms with Crippen LogP contribution < -0.4 is 5.32 Å². The van der Waals surface area contributed by atoms with Gasteiger partial charge in [-0.05, 0) is 63.2 Å². The van der Waals surface area contributed by atoms with Crippen molar-refractivity contribution in [2.24, 2.45) is 0 Å². The van der Waals surface area contributed by atoms with Gasteiger partial charge in [0.15, 0.2) is 5.11 Å². The highest BCUT2D eigenvalue weighted by Gasteiger charge is 2.44. The van der Waals surface area contributed by atoms with Crippen molar-refractivity contribution in [2.45, 2.75) is 70.1 Å². The third-order valence-corrected chi connectivity index (χ3v) is 6.10. The van der Waals surface area contributed by atoms with Crippen LogP contribution in [0.2, 0.25) is 0 Å². The summed E-state index contributed by atoms with van der Waals surface area (Å²) in [6.45, 7) is 4.48. The van der Waals surface area contributed by atoms with E-state index >= 15 is 0 Å². The van der Waals surface area contributed by atoms with E-state index < -0.39 is 0 Å². The van der Waals surface area contributed by atoms with Gasteiger partial charge in [0.2, 0.25) is 0 Å². The topological polar surface area (TPSA) is 33.1 Å². The molecule has 4 nitrogen and oxygen atoms in total. The van der Waals surface area contributed by atoms with E-state index in [9.17, 15) is 0 Å². The molecule has 2 aromatic rings. The number of nitrogens with one attached hydrogen (secondary N) is 1. The largest absolute Gasteiger partial charge is 0.352 e. The van der Waals surface area contributed by atoms with Crippen molar-refractivity contribution in [3.63, 3.8) is 0 Å². The first kappa shape index (κ1) is 17.5. The van der Waals surface area contributed by atoms with Crippen molar-refractivity contribution in [3.05, 3.63) is 54.1 Å². The molecule has 1 N–H and O–H groups in total. The van der Waals surface area contributed by atoms with E-state index in [2.05, 4.69) is 64.1 Å². The molecule has 0 radical (unpaired) electrons. The highest BCUT2D eigenvalue weighted by molar-refractivity contribution is 7.80. The summed E-state index contributed by atoms with van der Waals surface area (Å²) < 4.78 is 2.38. The van der Waals surface area contributed by atoms with Gasteiger partial charge in [-0.25, -0.2) is 0 Å². The summed E-state index contributed by atoms with van der Waals surface area (Å²) in [6, 6.07) is 11.8. The first-order valence-corrected chi connectivity index (χ1v) is 10.2. The minimum atomic E-state index is 0.0954. The monoisotopic (exact) mass is 368 g/mol. The molecule has 2 atom stereocenters. The van der Waals surface area contributed by atoms with E-state index in [-0.39, 0.29) is 12.1 Å². The second-order valence-electron chi connectivity index (χ2n) is 7.76. The van der Waals surface area contributed by atoms with E-state index in [4.69, 9.17) is 12.2 Å². The summed E-state index contributed by atoms with van der Waals surface area (Å²) in [6.07, 6.45) is 10.5. The van der Waals surface area contributed by atoms with Crippen molar-refractivity contribution in [1.29, 1.82) is 0 Å². The molecule has 1 saturated carbocycles. The van der Waals surface area contributed by atoms with E-state index in [1.807, 2.05) is 12.3 Å². The number of hydrogen-bond acceptors (Lipinski definition) is 2. The molecule has 0 bridgehead atoms. The van der Waals surface area contributed by atoms with Crippen LogP contribution in [0.15, 0.2) is 42.7 Å². The van der Waals surface area contributed by atoms with Gasteiger partial charge < -0.3 is 14.8 Å². The van der Waals surface area contributed by atoms with Gasteiger partial charge in [-0.15, -0.1) is 0 Å². The number of pyridine rings is 1. The van der Waals surface area contributed by atoms with Gasteiger partial charge in [-0.1, -0.05) is 25.3 Å². The molecular weight excluding hydrogens is 340 g/mol. The molecule has 2 aliphatic rings. The molecule has 1 aliphatic heterocycles. The normalized spacial score (nSPS) is 24.3. The first-order chi connectivity index (χ1) is 12.7. The van der Waals surface area contributed by atoms with Gasteiger partial charge in [0.05, 0.1) is 17.8 Å². The fourth-order valence-electron chi connectivity index (χ4n) is 4.56. The quantitative estimate of drug-likeness (QED) is 0.788. The number of aromatic nitrogens is 2. The lowest BCUT2D eigenvalue weighted by Crippen LogP contribution is -2.41. The molecule has 4 rings (SSSR count). The van der Waals surface area contributed by atoms with Gasteiger partial charge in [0.25, 0.3) is 0 Å². The predicted octanol–water partition coefficient (Wildman–Crippen LogP) is 4.77. The average Bonchev–Trinajstić information content (AvgIpc) is 3.27. The molecule has 138 valence electrons. The molecule has 1 saturated heterocycles. The third kappa shape index (κ3) is 3.13. The summed E-state index contributed by atoms with van der Waals surface area (Å²) in [5.41, 5.74) is 2.39. The summed E-state index contributed by atoms with van der Waals surface area (Å²) in [5.74, 6) is 0. The minimum Gasteiger partial charge on any atom is -0.352 e. The van der Waals surface area contributed by atoms with Crippen LogP contribution in [0.1, 0.15) is 75.5 Å². The maximum atomic E-state index is 5.84. The zero-order valence-corrected chi connectivity index (χ0v) is 16.5. The number of nitrogens with zero attached hydrogens (tertiary/aromatic N) is 3. The standard InChI is InChI=1S/C21H28N4S/c1-15(2)24-14-8-12-18(24)20-19(17-11-6-7-13-22-17)23-21(26)25(20)16-9-4-3-5-10-16/h6-8,11-16,19-20H,3-5,9-10H2,1-2H3,(H,23,26)/t19-,20+/m1/s1. The van der Waals surface area contributed by atoms with Crippen LogP contribution in [0, 0.1) is 0 Å². The molecule has 0 aromatic carbocycles. The second-order valence-corrected chi connectivity index (χ2v) is 8.15. The first-order valence-electron chi connectivity index (χ1n) is 9.83. The number of hydrogen-bond donors (Lipinski definition) is 1. The molecule has 5 heteroatoms. The summed E-state index contributed by atoms with van der Waals surface area (Å²) >= 11 is 5.84. The van der Waals surface area contributed by atoms with Crippen molar-refractivity contribution in [3.8, 4) is 0 Å². The molecule has 26 heavy (non-hydrogen) atoms. The van der Waals surface area contributed by atoms with Crippen molar-refractivity contribution >= 4 is 17.3 Å². The van der Waals surface area contributed by atoms with Gasteiger partial charge in [0, 0.05) is 30.2 Å². The lowest BCUT2D eigenvalue weighted by Gasteiger charge is -2.37. The van der Waals surface area contributed by atoms with Gasteiger partial charge in [-0.3, -0.25) is 4.98 Å². The summed E-state index contributed by atoms with van der Waals surface area (Å²) in [5, 5.41) is 4.49. The molecule has 1 aliphatic carbocycles. The fourth-order valence-corrected chi connectivity index (χ4v) is 4.95. The highest BCUT2D eigenvalue weighted by Crippen LogP contribution is 2.42. The Bertz CT molecular complexity index is 748. The number of rotatable bonds is 4. The lowest BCUT2D eigenvalue weighted by atomic mass is 9.91. The van der Waals surface area contributed by atoms with Gasteiger partial charge >= 0.3 is 0 Å². The third-order valence-electron chi connectivity index (χ3n) is 5.77. The van der Waals surface area contributed by atoms with Crippen LogP contribution in [0.4, 0.5) is 0 Å². The van der Waals surface area contributed by atoms with E-state index in [0.29, 0.717) is 12.1 Å². The van der Waals surface area contributed by atoms with Crippen LogP contribution >= 0.6 is 12.2 Å². The highest BCUT2D eigenvalue weighted by atomic mass is 32.1. The fraction of sp³-hybridized carbons (Fsp3) is 0.524. The Kier molecular flexibility index (Phi) is 4.98. The SMILES string of the molecule is CC(C)n1cccc1[C@H]1[C@@H](c2ccccn2)NC(=S)N1C1CCCCC1. The van der Waals surface area contributed by atoms with Crippen LogP contribution in [0.25, 0.3) is 0 Å². The Balaban J connectivity index is 1.77. The average molecular weight is 369 g/mol. The van der Waals surface area contributed by atoms with Crippen LogP contribution in [0.3, 0.4) is 0 Å². The molecule has 2 aromatic heterocycles. The molecule has 2 fully saturated rings. The van der Waals surface area contributed by atoms with Crippen LogP contribution in [-0.4, -0.2) is 25.6 Å². The van der Waals surface area contributed by atoms with E-state index in [1.165, 1.54) is 37.8 Å². The Morgan fingerprint density at radius 3 is 2.62 bits per heavy atom.